The highest BCUT2D eigenvalue weighted by Crippen LogP contribution is 2.71. The number of ether oxygens (including phenoxy) is 2. The first kappa shape index (κ1) is 20.6. The van der Waals surface area contributed by atoms with Gasteiger partial charge in [-0.05, 0) is 69.7 Å². The molecule has 2 fully saturated rings. The summed E-state index contributed by atoms with van der Waals surface area (Å²) < 4.78 is 12.8. The lowest BCUT2D eigenvalue weighted by atomic mass is 9.40. The molecule has 5 nitrogen and oxygen atoms in total. The second-order valence-corrected chi connectivity index (χ2v) is 10.5. The van der Waals surface area contributed by atoms with Crippen molar-refractivity contribution < 1.29 is 19.7 Å². The predicted molar refractivity (Wildman–Crippen MR) is 116 cm³/mol. The summed E-state index contributed by atoms with van der Waals surface area (Å²) in [5.41, 5.74) is 1.58. The van der Waals surface area contributed by atoms with E-state index < -0.39 is 5.60 Å². The Morgan fingerprint density at radius 3 is 2.77 bits per heavy atom. The van der Waals surface area contributed by atoms with Crippen molar-refractivity contribution in [2.75, 3.05) is 20.7 Å². The Morgan fingerprint density at radius 1 is 1.33 bits per heavy atom. The third-order valence-corrected chi connectivity index (χ3v) is 9.47. The highest BCUT2D eigenvalue weighted by Gasteiger charge is 2.74. The second-order valence-electron chi connectivity index (χ2n) is 10.5. The van der Waals surface area contributed by atoms with E-state index in [1.54, 1.807) is 13.2 Å². The van der Waals surface area contributed by atoms with Crippen LogP contribution >= 0.6 is 0 Å². The Kier molecular flexibility index (Phi) is 4.53. The minimum atomic E-state index is -0.813. The van der Waals surface area contributed by atoms with Gasteiger partial charge in [0.05, 0.1) is 5.60 Å². The average molecular weight is 416 g/mol. The number of hydrogen-bond donors (Lipinski definition) is 2. The molecule has 2 heterocycles. The first-order valence-electron chi connectivity index (χ1n) is 11.7. The zero-order chi connectivity index (χ0) is 21.5. The van der Waals surface area contributed by atoms with E-state index in [1.807, 2.05) is 6.92 Å². The number of hydrogen-bond acceptors (Lipinski definition) is 5. The van der Waals surface area contributed by atoms with Gasteiger partial charge >= 0.3 is 0 Å². The maximum atomic E-state index is 11.6. The predicted octanol–water partition coefficient (Wildman–Crippen LogP) is 3.63. The summed E-state index contributed by atoms with van der Waals surface area (Å²) in [4.78, 5) is 2.54. The molecule has 1 saturated carbocycles. The molecule has 1 unspecified atom stereocenters. The van der Waals surface area contributed by atoms with E-state index in [2.05, 4.69) is 31.9 Å². The molecule has 0 radical (unpaired) electrons. The van der Waals surface area contributed by atoms with Crippen LogP contribution in [0.5, 0.6) is 11.5 Å². The fourth-order valence-corrected chi connectivity index (χ4v) is 8.23. The zero-order valence-electron chi connectivity index (χ0n) is 19.1. The van der Waals surface area contributed by atoms with E-state index in [4.69, 9.17) is 9.47 Å². The highest BCUT2D eigenvalue weighted by atomic mass is 16.5. The molecule has 7 atom stereocenters. The van der Waals surface area contributed by atoms with Crippen LogP contribution in [-0.2, 0) is 16.6 Å². The molecule has 2 aliphatic carbocycles. The van der Waals surface area contributed by atoms with E-state index >= 15 is 0 Å². The van der Waals surface area contributed by atoms with E-state index in [1.165, 1.54) is 11.1 Å². The van der Waals surface area contributed by atoms with Crippen molar-refractivity contribution in [3.8, 4) is 11.5 Å². The molecule has 4 aliphatic rings. The molecule has 5 heteroatoms. The average Bonchev–Trinajstić information content (AvgIpc) is 3.07. The lowest BCUT2D eigenvalue weighted by Crippen LogP contribution is -2.75. The van der Waals surface area contributed by atoms with Gasteiger partial charge in [-0.15, -0.1) is 0 Å². The number of piperidine rings is 1. The van der Waals surface area contributed by atoms with Gasteiger partial charge in [0, 0.05) is 30.0 Å². The number of phenols is 1. The molecule has 1 saturated heterocycles. The minimum absolute atomic E-state index is 0.00582. The van der Waals surface area contributed by atoms with Gasteiger partial charge in [-0.25, -0.2) is 0 Å². The van der Waals surface area contributed by atoms with E-state index in [-0.39, 0.29) is 34.7 Å². The molecule has 2 aliphatic heterocycles. The normalized spacial score (nSPS) is 41.1. The Balaban J connectivity index is 1.77. The highest BCUT2D eigenvalue weighted by molar-refractivity contribution is 5.62. The number of likely N-dealkylation sites (tertiary alicyclic amines) is 1. The third-order valence-electron chi connectivity index (χ3n) is 9.47. The van der Waals surface area contributed by atoms with Gasteiger partial charge < -0.3 is 24.6 Å². The number of phenolic OH excluding ortho intramolecular Hbond substituents is 1. The number of rotatable bonds is 5. The van der Waals surface area contributed by atoms with Crippen LogP contribution in [0.4, 0.5) is 0 Å². The zero-order valence-corrected chi connectivity index (χ0v) is 19.1. The third kappa shape index (κ3) is 2.24. The van der Waals surface area contributed by atoms with Crippen LogP contribution in [0.1, 0.15) is 64.0 Å². The fourth-order valence-electron chi connectivity index (χ4n) is 8.23. The first-order chi connectivity index (χ1) is 14.3. The van der Waals surface area contributed by atoms with E-state index in [9.17, 15) is 10.2 Å². The summed E-state index contributed by atoms with van der Waals surface area (Å²) in [7, 11) is 4.02. The van der Waals surface area contributed by atoms with Gasteiger partial charge in [0.2, 0.25) is 0 Å². The molecule has 1 aromatic carbocycles. The number of aromatic hydroxyl groups is 1. The topological polar surface area (TPSA) is 62.2 Å². The van der Waals surface area contributed by atoms with Gasteiger partial charge in [-0.3, -0.25) is 0 Å². The lowest BCUT2D eigenvalue weighted by Gasteiger charge is -2.68. The SMILES string of the molecule is CCC[C@](C)(O)[C@@H]1C[C@@]2(CC)[C@@H]3Cc4ccc(O)c5c4[C@]2(CCN3C)[C@H](O5)C1OC. The molecule has 2 N–H and O–H groups in total. The first-order valence-corrected chi connectivity index (χ1v) is 11.7. The largest absolute Gasteiger partial charge is 0.504 e. The van der Waals surface area contributed by atoms with Crippen molar-refractivity contribution in [1.82, 2.24) is 4.90 Å². The van der Waals surface area contributed by atoms with Crippen molar-refractivity contribution in [1.29, 1.82) is 0 Å². The van der Waals surface area contributed by atoms with Crippen molar-refractivity contribution >= 4 is 0 Å². The summed E-state index contributed by atoms with van der Waals surface area (Å²) in [6.45, 7) is 7.45. The monoisotopic (exact) mass is 415 g/mol. The van der Waals surface area contributed by atoms with Gasteiger partial charge in [0.1, 0.15) is 12.2 Å². The summed E-state index contributed by atoms with van der Waals surface area (Å²) >= 11 is 0. The van der Waals surface area contributed by atoms with E-state index in [0.717, 1.165) is 45.1 Å². The van der Waals surface area contributed by atoms with Crippen molar-refractivity contribution in [2.24, 2.45) is 11.3 Å². The smallest absolute Gasteiger partial charge is 0.165 e. The minimum Gasteiger partial charge on any atom is -0.504 e. The molecule has 1 aromatic rings. The van der Waals surface area contributed by atoms with Crippen LogP contribution in [0.15, 0.2) is 12.1 Å². The quantitative estimate of drug-likeness (QED) is 0.769. The van der Waals surface area contributed by atoms with Crippen molar-refractivity contribution in [3.63, 3.8) is 0 Å². The Morgan fingerprint density at radius 2 is 2.10 bits per heavy atom. The lowest BCUT2D eigenvalue weighted by molar-refractivity contribution is -0.219. The summed E-state index contributed by atoms with van der Waals surface area (Å²) in [5.74, 6) is 0.912. The number of nitrogens with zero attached hydrogens (tertiary/aromatic N) is 1. The standard InChI is InChI=1S/C25H37NO4/c1-6-10-23(3,28)16-14-24(7-2)18-13-15-8-9-17(27)21-19(15)25(24,11-12-26(18)4)22(30-21)20(16)29-5/h8-9,16,18,20,22,27-28H,6-7,10-14H2,1-5H3/t16-,18+,20?,22-,23+,24+,25-/m1/s1. The molecule has 0 aromatic heterocycles. The van der Waals surface area contributed by atoms with Crippen molar-refractivity contribution in [2.45, 2.75) is 88.6 Å². The van der Waals surface area contributed by atoms with Crippen LogP contribution in [0, 0.1) is 11.3 Å². The summed E-state index contributed by atoms with van der Waals surface area (Å²) in [6, 6.07) is 4.31. The van der Waals surface area contributed by atoms with Crippen LogP contribution in [0.2, 0.25) is 0 Å². The number of benzene rings is 1. The molecule has 2 bridgehead atoms. The second kappa shape index (κ2) is 6.60. The van der Waals surface area contributed by atoms with Gasteiger partial charge in [-0.2, -0.15) is 0 Å². The Hall–Kier alpha value is -1.30. The van der Waals surface area contributed by atoms with Gasteiger partial charge in [-0.1, -0.05) is 26.3 Å². The number of likely N-dealkylation sites (N-methyl/N-ethyl adjacent to an activating group) is 1. The molecular formula is C25H37NO4. The number of methoxy groups -OCH3 is 1. The van der Waals surface area contributed by atoms with Crippen LogP contribution < -0.4 is 4.74 Å². The molecule has 30 heavy (non-hydrogen) atoms. The molecule has 166 valence electrons. The van der Waals surface area contributed by atoms with Gasteiger partial charge in [0.25, 0.3) is 0 Å². The summed E-state index contributed by atoms with van der Waals surface area (Å²) in [6.07, 6.45) is 5.25. The van der Waals surface area contributed by atoms with Crippen molar-refractivity contribution in [3.05, 3.63) is 23.3 Å². The fraction of sp³-hybridized carbons (Fsp3) is 0.760. The van der Waals surface area contributed by atoms with Crippen LogP contribution in [0.25, 0.3) is 0 Å². The molecule has 5 rings (SSSR count). The van der Waals surface area contributed by atoms with E-state index in [0.29, 0.717) is 11.8 Å². The Labute approximate surface area is 180 Å². The van der Waals surface area contributed by atoms with Crippen LogP contribution in [-0.4, -0.2) is 59.7 Å². The summed E-state index contributed by atoms with van der Waals surface area (Å²) in [5, 5.41) is 22.4. The van der Waals surface area contributed by atoms with Gasteiger partial charge in [0.15, 0.2) is 11.5 Å². The van der Waals surface area contributed by atoms with Crippen LogP contribution in [0.3, 0.4) is 0 Å². The maximum Gasteiger partial charge on any atom is 0.165 e. The molecule has 0 amide bonds. The maximum absolute atomic E-state index is 11.6. The molecular weight excluding hydrogens is 378 g/mol. The Bertz CT molecular complexity index is 854. The molecule has 1 spiro atoms. The number of aliphatic hydroxyl groups is 1.